The maximum atomic E-state index is 11.9. The van der Waals surface area contributed by atoms with Crippen molar-refractivity contribution in [1.82, 2.24) is 4.90 Å². The van der Waals surface area contributed by atoms with Crippen molar-refractivity contribution in [2.45, 2.75) is 12.2 Å². The first kappa shape index (κ1) is 9.06. The van der Waals surface area contributed by atoms with Gasteiger partial charge in [0, 0.05) is 0 Å². The number of hydrogen-bond acceptors (Lipinski definition) is 4. The number of rotatable bonds is 2. The molecule has 0 saturated carbocycles. The highest BCUT2D eigenvalue weighted by Gasteiger charge is 2.60. The predicted octanol–water partition coefficient (Wildman–Crippen LogP) is -1.08. The monoisotopic (exact) mass is 209 g/mol. The number of β-amino-alcohol motifs (C(OH)–C–C–N with tert-alkyl or cyclic N) is 1. The number of aliphatic hydroxyl groups excluding tert-OH is 1. The van der Waals surface area contributed by atoms with E-state index < -0.39 is 0 Å². The zero-order valence-corrected chi connectivity index (χ0v) is 8.00. The van der Waals surface area contributed by atoms with Crippen molar-refractivity contribution in [1.29, 1.82) is 0 Å². The van der Waals surface area contributed by atoms with Gasteiger partial charge in [0.2, 0.25) is 11.8 Å². The van der Waals surface area contributed by atoms with E-state index in [1.54, 1.807) is 0 Å². The van der Waals surface area contributed by atoms with Crippen LogP contribution >= 0.6 is 0 Å². The van der Waals surface area contributed by atoms with E-state index in [2.05, 4.69) is 0 Å². The van der Waals surface area contributed by atoms with E-state index in [-0.39, 0.29) is 49.0 Å². The van der Waals surface area contributed by atoms with Crippen LogP contribution in [0.5, 0.6) is 0 Å². The molecular weight excluding hydrogens is 198 g/mol. The fraction of sp³-hybridized carbons (Fsp3) is 0.600. The van der Waals surface area contributed by atoms with Gasteiger partial charge >= 0.3 is 0 Å². The molecule has 1 N–H and O–H groups in total. The predicted molar refractivity (Wildman–Crippen MR) is 48.6 cm³/mol. The number of nitrogens with zero attached hydrogens (tertiary/aromatic N) is 1. The molecule has 0 spiro atoms. The molecule has 15 heavy (non-hydrogen) atoms. The molecule has 2 amide bonds. The van der Waals surface area contributed by atoms with E-state index in [0.29, 0.717) is 0 Å². The van der Waals surface area contributed by atoms with Crippen molar-refractivity contribution in [3.05, 3.63) is 12.2 Å². The smallest absolute Gasteiger partial charge is 0.236 e. The Labute approximate surface area is 86.3 Å². The second-order valence-electron chi connectivity index (χ2n) is 4.05. The quantitative estimate of drug-likeness (QED) is 0.464. The number of fused-ring (bicyclic) bond motifs is 5. The van der Waals surface area contributed by atoms with Crippen molar-refractivity contribution in [2.75, 3.05) is 13.2 Å². The fourth-order valence-electron chi connectivity index (χ4n) is 2.69. The van der Waals surface area contributed by atoms with Crippen molar-refractivity contribution in [3.8, 4) is 0 Å². The summed E-state index contributed by atoms with van der Waals surface area (Å²) in [7, 11) is 0. The average Bonchev–Trinajstić information content (AvgIpc) is 2.87. The molecule has 3 aliphatic heterocycles. The summed E-state index contributed by atoms with van der Waals surface area (Å²) in [5.41, 5.74) is 0. The van der Waals surface area contributed by atoms with E-state index in [4.69, 9.17) is 9.84 Å². The summed E-state index contributed by atoms with van der Waals surface area (Å²) in [6.07, 6.45) is 3.22. The summed E-state index contributed by atoms with van der Waals surface area (Å²) < 4.78 is 5.46. The SMILES string of the molecule is O=C1[C@@H]2[C@H](C(=O)N1CCO)[C@H]1C=C[C@H]2O1. The molecule has 0 radical (unpaired) electrons. The Bertz CT molecular complexity index is 334. The zero-order chi connectivity index (χ0) is 10.6. The van der Waals surface area contributed by atoms with E-state index in [0.717, 1.165) is 4.90 Å². The molecule has 3 aliphatic rings. The summed E-state index contributed by atoms with van der Waals surface area (Å²) in [5.74, 6) is -1.09. The van der Waals surface area contributed by atoms with Crippen molar-refractivity contribution < 1.29 is 19.4 Å². The summed E-state index contributed by atoms with van der Waals surface area (Å²) >= 11 is 0. The molecule has 2 bridgehead atoms. The van der Waals surface area contributed by atoms with Gasteiger partial charge in [0.15, 0.2) is 0 Å². The van der Waals surface area contributed by atoms with E-state index in [1.165, 1.54) is 0 Å². The number of hydrogen-bond donors (Lipinski definition) is 1. The Balaban J connectivity index is 1.93. The second-order valence-corrected chi connectivity index (χ2v) is 4.05. The fourth-order valence-corrected chi connectivity index (χ4v) is 2.69. The first-order valence-corrected chi connectivity index (χ1v) is 5.04. The first-order valence-electron chi connectivity index (χ1n) is 5.04. The molecule has 0 aromatic carbocycles. The lowest BCUT2D eigenvalue weighted by atomic mass is 9.85. The Kier molecular flexibility index (Phi) is 1.75. The molecule has 0 unspecified atom stereocenters. The summed E-state index contributed by atoms with van der Waals surface area (Å²) in [6.45, 7) is -0.0787. The molecule has 0 aliphatic carbocycles. The highest BCUT2D eigenvalue weighted by Crippen LogP contribution is 2.44. The molecule has 4 atom stereocenters. The third-order valence-corrected chi connectivity index (χ3v) is 3.33. The van der Waals surface area contributed by atoms with Gasteiger partial charge in [-0.25, -0.2) is 0 Å². The Hall–Kier alpha value is -1.20. The van der Waals surface area contributed by atoms with Gasteiger partial charge in [-0.2, -0.15) is 0 Å². The van der Waals surface area contributed by atoms with E-state index in [9.17, 15) is 9.59 Å². The van der Waals surface area contributed by atoms with Gasteiger partial charge in [0.05, 0.1) is 37.2 Å². The molecule has 5 nitrogen and oxygen atoms in total. The number of likely N-dealkylation sites (tertiary alicyclic amines) is 1. The van der Waals surface area contributed by atoms with Gasteiger partial charge < -0.3 is 9.84 Å². The van der Waals surface area contributed by atoms with Crippen LogP contribution in [-0.2, 0) is 14.3 Å². The second kappa shape index (κ2) is 2.90. The lowest BCUT2D eigenvalue weighted by molar-refractivity contribution is -0.142. The number of amides is 2. The summed E-state index contributed by atoms with van der Waals surface area (Å²) in [4.78, 5) is 24.9. The number of carbonyl (C=O) groups is 2. The van der Waals surface area contributed by atoms with Crippen LogP contribution in [0.3, 0.4) is 0 Å². The average molecular weight is 209 g/mol. The maximum absolute atomic E-state index is 11.9. The number of carbonyl (C=O) groups excluding carboxylic acids is 2. The molecule has 3 rings (SSSR count). The molecule has 0 aromatic rings. The lowest BCUT2D eigenvalue weighted by Gasteiger charge is -2.15. The van der Waals surface area contributed by atoms with Gasteiger partial charge in [0.25, 0.3) is 0 Å². The minimum atomic E-state index is -0.348. The van der Waals surface area contributed by atoms with Crippen LogP contribution in [-0.4, -0.2) is 47.2 Å². The molecule has 2 saturated heterocycles. The molecule has 3 heterocycles. The van der Waals surface area contributed by atoms with Gasteiger partial charge in [-0.3, -0.25) is 14.5 Å². The molecule has 2 fully saturated rings. The highest BCUT2D eigenvalue weighted by molar-refractivity contribution is 6.06. The lowest BCUT2D eigenvalue weighted by Crippen LogP contribution is -2.36. The van der Waals surface area contributed by atoms with Crippen LogP contribution in [0.1, 0.15) is 0 Å². The van der Waals surface area contributed by atoms with E-state index in [1.807, 2.05) is 12.2 Å². The third kappa shape index (κ3) is 0.992. The minimum absolute atomic E-state index is 0.101. The Morgan fingerprint density at radius 2 is 1.73 bits per heavy atom. The maximum Gasteiger partial charge on any atom is 0.236 e. The minimum Gasteiger partial charge on any atom is -0.395 e. The Morgan fingerprint density at radius 3 is 2.20 bits per heavy atom. The van der Waals surface area contributed by atoms with Gasteiger partial charge in [-0.05, 0) is 0 Å². The highest BCUT2D eigenvalue weighted by atomic mass is 16.5. The molecule has 0 aromatic heterocycles. The normalized spacial score (nSPS) is 41.8. The third-order valence-electron chi connectivity index (χ3n) is 3.33. The number of imide groups is 1. The molecular formula is C10H11NO4. The topological polar surface area (TPSA) is 66.8 Å². The number of ether oxygens (including phenoxy) is 1. The standard InChI is InChI=1S/C10H11NO4/c12-4-3-11-9(13)7-5-1-2-6(15-5)8(7)10(11)14/h1-2,5-8,12H,3-4H2/t5-,6-,7-,8+/m1/s1. The number of aliphatic hydroxyl groups is 1. The van der Waals surface area contributed by atoms with Crippen LogP contribution in [0.15, 0.2) is 12.2 Å². The Morgan fingerprint density at radius 1 is 1.20 bits per heavy atom. The molecule has 80 valence electrons. The first-order chi connectivity index (χ1) is 7.24. The molecule has 5 heteroatoms. The summed E-state index contributed by atoms with van der Waals surface area (Å²) in [6, 6.07) is 0. The van der Waals surface area contributed by atoms with Crippen molar-refractivity contribution >= 4 is 11.8 Å². The summed E-state index contributed by atoms with van der Waals surface area (Å²) in [5, 5.41) is 8.78. The van der Waals surface area contributed by atoms with Crippen LogP contribution < -0.4 is 0 Å². The zero-order valence-electron chi connectivity index (χ0n) is 8.00. The van der Waals surface area contributed by atoms with Crippen LogP contribution in [0.25, 0.3) is 0 Å². The van der Waals surface area contributed by atoms with Gasteiger partial charge in [-0.1, -0.05) is 12.2 Å². The van der Waals surface area contributed by atoms with Crippen molar-refractivity contribution in [2.24, 2.45) is 11.8 Å². The van der Waals surface area contributed by atoms with Gasteiger partial charge in [-0.15, -0.1) is 0 Å². The van der Waals surface area contributed by atoms with Gasteiger partial charge in [0.1, 0.15) is 0 Å². The van der Waals surface area contributed by atoms with E-state index >= 15 is 0 Å². The van der Waals surface area contributed by atoms with Crippen LogP contribution in [0.2, 0.25) is 0 Å². The largest absolute Gasteiger partial charge is 0.395 e. The van der Waals surface area contributed by atoms with Crippen LogP contribution in [0.4, 0.5) is 0 Å². The van der Waals surface area contributed by atoms with Crippen LogP contribution in [0, 0.1) is 11.8 Å². The van der Waals surface area contributed by atoms with Crippen molar-refractivity contribution in [3.63, 3.8) is 0 Å².